The predicted molar refractivity (Wildman–Crippen MR) is 60.3 cm³/mol. The van der Waals surface area contributed by atoms with E-state index in [9.17, 15) is 4.79 Å². The van der Waals surface area contributed by atoms with Crippen molar-refractivity contribution in [2.45, 2.75) is 63.5 Å². The third-order valence-corrected chi connectivity index (χ3v) is 3.85. The summed E-state index contributed by atoms with van der Waals surface area (Å²) < 4.78 is 0. The van der Waals surface area contributed by atoms with Gasteiger partial charge >= 0.3 is 0 Å². The number of carbonyl (C=O) groups excluding carboxylic acids is 1. The predicted octanol–water partition coefficient (Wildman–Crippen LogP) is 1.56. The molecule has 0 spiro atoms. The molecule has 0 radical (unpaired) electrons. The highest BCUT2D eigenvalue weighted by Gasteiger charge is 2.33. The SMILES string of the molecule is CC1CC(NC(=O)CC2(N)CCCC2)C1. The van der Waals surface area contributed by atoms with E-state index in [4.69, 9.17) is 5.73 Å². The lowest BCUT2D eigenvalue weighted by Crippen LogP contribution is -2.48. The molecular formula is C12H22N2O. The Kier molecular flexibility index (Phi) is 3.01. The Morgan fingerprint density at radius 2 is 2.00 bits per heavy atom. The molecule has 3 nitrogen and oxygen atoms in total. The van der Waals surface area contributed by atoms with Crippen molar-refractivity contribution in [3.8, 4) is 0 Å². The summed E-state index contributed by atoms with van der Waals surface area (Å²) in [5, 5.41) is 3.08. The molecule has 1 amide bonds. The van der Waals surface area contributed by atoms with Gasteiger partial charge in [-0.25, -0.2) is 0 Å². The molecule has 15 heavy (non-hydrogen) atoms. The first kappa shape index (κ1) is 10.9. The summed E-state index contributed by atoms with van der Waals surface area (Å²) in [7, 11) is 0. The maximum absolute atomic E-state index is 11.7. The van der Waals surface area contributed by atoms with Crippen molar-refractivity contribution in [2.75, 3.05) is 0 Å². The monoisotopic (exact) mass is 210 g/mol. The van der Waals surface area contributed by atoms with Crippen LogP contribution in [0.1, 0.15) is 51.9 Å². The van der Waals surface area contributed by atoms with Crippen LogP contribution < -0.4 is 11.1 Å². The molecule has 0 aliphatic heterocycles. The first-order valence-corrected chi connectivity index (χ1v) is 6.16. The zero-order chi connectivity index (χ0) is 10.9. The van der Waals surface area contributed by atoms with Gasteiger partial charge in [0.1, 0.15) is 0 Å². The molecular weight excluding hydrogens is 188 g/mol. The largest absolute Gasteiger partial charge is 0.353 e. The summed E-state index contributed by atoms with van der Waals surface area (Å²) in [6.07, 6.45) is 7.21. The lowest BCUT2D eigenvalue weighted by atomic mass is 9.81. The first-order valence-electron chi connectivity index (χ1n) is 6.16. The van der Waals surface area contributed by atoms with Gasteiger partial charge in [-0.05, 0) is 31.6 Å². The maximum atomic E-state index is 11.7. The van der Waals surface area contributed by atoms with E-state index in [1.165, 1.54) is 12.8 Å². The number of hydrogen-bond donors (Lipinski definition) is 2. The fourth-order valence-electron chi connectivity index (χ4n) is 2.87. The summed E-state index contributed by atoms with van der Waals surface area (Å²) in [5.41, 5.74) is 5.97. The van der Waals surface area contributed by atoms with Gasteiger partial charge in [0.05, 0.1) is 0 Å². The van der Waals surface area contributed by atoms with E-state index < -0.39 is 0 Å². The van der Waals surface area contributed by atoms with Gasteiger partial charge in [0.2, 0.25) is 5.91 Å². The Morgan fingerprint density at radius 1 is 1.40 bits per heavy atom. The molecule has 2 rings (SSSR count). The number of hydrogen-bond acceptors (Lipinski definition) is 2. The van der Waals surface area contributed by atoms with Crippen LogP contribution in [0.2, 0.25) is 0 Å². The van der Waals surface area contributed by atoms with Crippen molar-refractivity contribution < 1.29 is 4.79 Å². The van der Waals surface area contributed by atoms with E-state index in [1.54, 1.807) is 0 Å². The number of nitrogens with two attached hydrogens (primary N) is 1. The summed E-state index contributed by atoms with van der Waals surface area (Å²) >= 11 is 0. The molecule has 0 heterocycles. The van der Waals surface area contributed by atoms with Crippen molar-refractivity contribution in [3.05, 3.63) is 0 Å². The number of nitrogens with one attached hydrogen (secondary N) is 1. The molecule has 2 saturated carbocycles. The first-order chi connectivity index (χ1) is 7.07. The second kappa shape index (κ2) is 4.12. The van der Waals surface area contributed by atoms with E-state index in [0.717, 1.165) is 31.6 Å². The zero-order valence-electron chi connectivity index (χ0n) is 9.59. The maximum Gasteiger partial charge on any atom is 0.222 e. The molecule has 0 aromatic heterocycles. The highest BCUT2D eigenvalue weighted by Crippen LogP contribution is 2.31. The van der Waals surface area contributed by atoms with Crippen LogP contribution >= 0.6 is 0 Å². The van der Waals surface area contributed by atoms with Gasteiger partial charge in [0, 0.05) is 18.0 Å². The summed E-state index contributed by atoms with van der Waals surface area (Å²) in [6.45, 7) is 2.23. The average Bonchev–Trinajstić information content (AvgIpc) is 2.49. The van der Waals surface area contributed by atoms with Crippen molar-refractivity contribution >= 4 is 5.91 Å². The average molecular weight is 210 g/mol. The van der Waals surface area contributed by atoms with Crippen LogP contribution in [0.25, 0.3) is 0 Å². The van der Waals surface area contributed by atoms with Crippen LogP contribution in [0.4, 0.5) is 0 Å². The van der Waals surface area contributed by atoms with Gasteiger partial charge < -0.3 is 11.1 Å². The van der Waals surface area contributed by atoms with Crippen LogP contribution in [0, 0.1) is 5.92 Å². The Labute approximate surface area is 91.8 Å². The van der Waals surface area contributed by atoms with E-state index in [2.05, 4.69) is 12.2 Å². The molecule has 2 aliphatic carbocycles. The van der Waals surface area contributed by atoms with Crippen LogP contribution in [0.3, 0.4) is 0 Å². The quantitative estimate of drug-likeness (QED) is 0.742. The standard InChI is InChI=1S/C12H22N2O/c1-9-6-10(7-9)14-11(15)8-12(13)4-2-3-5-12/h9-10H,2-8,13H2,1H3,(H,14,15). The Balaban J connectivity index is 1.72. The molecule has 0 unspecified atom stereocenters. The normalized spacial score (nSPS) is 33.5. The van der Waals surface area contributed by atoms with Crippen molar-refractivity contribution in [1.82, 2.24) is 5.32 Å². The Bertz CT molecular complexity index is 240. The number of carbonyl (C=O) groups is 1. The molecule has 86 valence electrons. The highest BCUT2D eigenvalue weighted by molar-refractivity contribution is 5.77. The third kappa shape index (κ3) is 2.71. The van der Waals surface area contributed by atoms with Crippen molar-refractivity contribution in [3.63, 3.8) is 0 Å². The minimum Gasteiger partial charge on any atom is -0.353 e. The van der Waals surface area contributed by atoms with E-state index in [-0.39, 0.29) is 11.4 Å². The van der Waals surface area contributed by atoms with Gasteiger partial charge in [-0.3, -0.25) is 4.79 Å². The van der Waals surface area contributed by atoms with Crippen LogP contribution in [0.15, 0.2) is 0 Å². The molecule has 3 heteroatoms. The van der Waals surface area contributed by atoms with Crippen molar-refractivity contribution in [1.29, 1.82) is 0 Å². The smallest absolute Gasteiger partial charge is 0.222 e. The van der Waals surface area contributed by atoms with Crippen LogP contribution in [0.5, 0.6) is 0 Å². The minimum absolute atomic E-state index is 0.163. The van der Waals surface area contributed by atoms with Crippen LogP contribution in [-0.4, -0.2) is 17.5 Å². The van der Waals surface area contributed by atoms with Gasteiger partial charge in [-0.1, -0.05) is 19.8 Å². The zero-order valence-corrected chi connectivity index (χ0v) is 9.59. The summed E-state index contributed by atoms with van der Waals surface area (Å²) in [4.78, 5) is 11.7. The molecule has 0 bridgehead atoms. The van der Waals surface area contributed by atoms with Gasteiger partial charge in [0.15, 0.2) is 0 Å². The molecule has 0 atom stereocenters. The second-order valence-corrected chi connectivity index (χ2v) is 5.59. The fourth-order valence-corrected chi connectivity index (χ4v) is 2.87. The summed E-state index contributed by atoms with van der Waals surface area (Å²) in [5.74, 6) is 0.949. The second-order valence-electron chi connectivity index (χ2n) is 5.59. The van der Waals surface area contributed by atoms with E-state index in [0.29, 0.717) is 12.5 Å². The number of amides is 1. The fraction of sp³-hybridized carbons (Fsp3) is 0.917. The van der Waals surface area contributed by atoms with Crippen LogP contribution in [-0.2, 0) is 4.79 Å². The Morgan fingerprint density at radius 3 is 2.53 bits per heavy atom. The third-order valence-electron chi connectivity index (χ3n) is 3.85. The molecule has 2 aliphatic rings. The Hall–Kier alpha value is -0.570. The lowest BCUT2D eigenvalue weighted by Gasteiger charge is -2.34. The van der Waals surface area contributed by atoms with E-state index >= 15 is 0 Å². The minimum atomic E-state index is -0.195. The topological polar surface area (TPSA) is 55.1 Å². The number of rotatable bonds is 3. The molecule has 3 N–H and O–H groups in total. The summed E-state index contributed by atoms with van der Waals surface area (Å²) in [6, 6.07) is 0.428. The van der Waals surface area contributed by atoms with Gasteiger partial charge in [-0.2, -0.15) is 0 Å². The molecule has 2 fully saturated rings. The van der Waals surface area contributed by atoms with E-state index in [1.807, 2.05) is 0 Å². The van der Waals surface area contributed by atoms with Crippen molar-refractivity contribution in [2.24, 2.45) is 11.7 Å². The van der Waals surface area contributed by atoms with Gasteiger partial charge in [-0.15, -0.1) is 0 Å². The highest BCUT2D eigenvalue weighted by atomic mass is 16.1. The lowest BCUT2D eigenvalue weighted by molar-refractivity contribution is -0.123. The molecule has 0 saturated heterocycles. The van der Waals surface area contributed by atoms with Gasteiger partial charge in [0.25, 0.3) is 0 Å². The molecule has 0 aromatic carbocycles. The molecule has 0 aromatic rings.